The molecule has 1 atom stereocenters. The van der Waals surface area contributed by atoms with Gasteiger partial charge < -0.3 is 10.6 Å². The lowest BCUT2D eigenvalue weighted by Gasteiger charge is -2.26. The number of carbonyl (C=O) groups is 1. The molecule has 0 bridgehead atoms. The van der Waals surface area contributed by atoms with Crippen LogP contribution in [0.3, 0.4) is 0 Å². The van der Waals surface area contributed by atoms with Gasteiger partial charge in [-0.25, -0.2) is 0 Å². The first-order valence-electron chi connectivity index (χ1n) is 6.38. The van der Waals surface area contributed by atoms with Crippen LogP contribution in [0.2, 0.25) is 0 Å². The van der Waals surface area contributed by atoms with E-state index in [-0.39, 0.29) is 17.5 Å². The number of hydrogen-bond donors (Lipinski definition) is 2. The number of carbonyl (C=O) groups excluding carboxylic acids is 1. The van der Waals surface area contributed by atoms with Crippen LogP contribution in [0.5, 0.6) is 0 Å². The van der Waals surface area contributed by atoms with Crippen molar-refractivity contribution in [1.29, 1.82) is 0 Å². The van der Waals surface area contributed by atoms with Gasteiger partial charge in [-0.1, -0.05) is 6.92 Å². The van der Waals surface area contributed by atoms with Crippen LogP contribution in [-0.2, 0) is 18.4 Å². The van der Waals surface area contributed by atoms with Crippen molar-refractivity contribution in [3.63, 3.8) is 0 Å². The van der Waals surface area contributed by atoms with Crippen molar-refractivity contribution >= 4 is 5.91 Å². The van der Waals surface area contributed by atoms with Gasteiger partial charge in [0.25, 0.3) is 0 Å². The molecular weight excluding hydrogens is 228 g/mol. The topological polar surface area (TPSA) is 59.0 Å². The lowest BCUT2D eigenvalue weighted by Crippen LogP contribution is -2.50. The van der Waals surface area contributed by atoms with Gasteiger partial charge in [-0.3, -0.25) is 9.48 Å². The van der Waals surface area contributed by atoms with Crippen molar-refractivity contribution in [2.45, 2.75) is 52.2 Å². The van der Waals surface area contributed by atoms with Crippen molar-refractivity contribution in [3.8, 4) is 0 Å². The largest absolute Gasteiger partial charge is 0.350 e. The second-order valence-electron chi connectivity index (χ2n) is 5.28. The molecule has 0 aliphatic carbocycles. The van der Waals surface area contributed by atoms with E-state index in [9.17, 15) is 4.79 Å². The van der Waals surface area contributed by atoms with Crippen molar-refractivity contribution in [1.82, 2.24) is 20.4 Å². The highest BCUT2D eigenvalue weighted by atomic mass is 16.2. The third-order valence-electron chi connectivity index (χ3n) is 3.25. The molecule has 0 aliphatic rings. The van der Waals surface area contributed by atoms with Gasteiger partial charge in [-0.05, 0) is 33.3 Å². The molecule has 1 rings (SSSR count). The van der Waals surface area contributed by atoms with E-state index in [1.54, 1.807) is 10.9 Å². The molecule has 0 fully saturated rings. The maximum Gasteiger partial charge on any atom is 0.237 e. The van der Waals surface area contributed by atoms with E-state index in [1.165, 1.54) is 0 Å². The maximum absolute atomic E-state index is 12.0. The monoisotopic (exact) mass is 252 g/mol. The van der Waals surface area contributed by atoms with Gasteiger partial charge in [-0.2, -0.15) is 5.10 Å². The van der Waals surface area contributed by atoms with Crippen LogP contribution in [0.1, 0.15) is 39.8 Å². The van der Waals surface area contributed by atoms with Gasteiger partial charge in [-0.15, -0.1) is 0 Å². The van der Waals surface area contributed by atoms with E-state index in [2.05, 4.69) is 22.7 Å². The van der Waals surface area contributed by atoms with Gasteiger partial charge in [0, 0.05) is 25.3 Å². The molecule has 1 unspecified atom stereocenters. The van der Waals surface area contributed by atoms with E-state index in [0.717, 1.165) is 12.1 Å². The van der Waals surface area contributed by atoms with Gasteiger partial charge in [0.1, 0.15) is 0 Å². The normalized spacial score (nSPS) is 13.4. The van der Waals surface area contributed by atoms with Crippen molar-refractivity contribution in [2.24, 2.45) is 7.05 Å². The standard InChI is InChI=1S/C13H24N4O/c1-6-13(3,4)16-12(18)10(2)14-9-11-7-8-15-17(11)5/h7-8,10,14H,6,9H2,1-5H3,(H,16,18). The number of aromatic nitrogens is 2. The van der Waals surface area contributed by atoms with Crippen LogP contribution in [0, 0.1) is 0 Å². The first kappa shape index (κ1) is 14.7. The molecule has 5 heteroatoms. The van der Waals surface area contributed by atoms with Crippen molar-refractivity contribution in [3.05, 3.63) is 18.0 Å². The lowest BCUT2D eigenvalue weighted by molar-refractivity contribution is -0.124. The molecule has 102 valence electrons. The van der Waals surface area contributed by atoms with Gasteiger partial charge in [0.05, 0.1) is 11.7 Å². The zero-order valence-electron chi connectivity index (χ0n) is 11.9. The SMILES string of the molecule is CCC(C)(C)NC(=O)C(C)NCc1ccnn1C. The van der Waals surface area contributed by atoms with Gasteiger partial charge in [0.2, 0.25) is 5.91 Å². The minimum absolute atomic E-state index is 0.0315. The summed E-state index contributed by atoms with van der Waals surface area (Å²) >= 11 is 0. The molecule has 5 nitrogen and oxygen atoms in total. The molecular formula is C13H24N4O. The Hall–Kier alpha value is -1.36. The summed E-state index contributed by atoms with van der Waals surface area (Å²) in [7, 11) is 1.89. The highest BCUT2D eigenvalue weighted by Crippen LogP contribution is 2.07. The molecule has 0 radical (unpaired) electrons. The van der Waals surface area contributed by atoms with Crippen LogP contribution in [0.15, 0.2) is 12.3 Å². The summed E-state index contributed by atoms with van der Waals surface area (Å²) in [5.74, 6) is 0.0315. The summed E-state index contributed by atoms with van der Waals surface area (Å²) in [4.78, 5) is 12.0. The molecule has 1 aromatic heterocycles. The zero-order valence-corrected chi connectivity index (χ0v) is 11.9. The fourth-order valence-electron chi connectivity index (χ4n) is 1.46. The Morgan fingerprint density at radius 1 is 1.56 bits per heavy atom. The minimum atomic E-state index is -0.217. The Labute approximate surface area is 109 Å². The van der Waals surface area contributed by atoms with Crippen LogP contribution < -0.4 is 10.6 Å². The highest BCUT2D eigenvalue weighted by molar-refractivity contribution is 5.81. The molecule has 0 spiro atoms. The summed E-state index contributed by atoms with van der Waals surface area (Å²) in [6, 6.07) is 1.72. The zero-order chi connectivity index (χ0) is 13.8. The number of nitrogens with one attached hydrogen (secondary N) is 2. The summed E-state index contributed by atoms with van der Waals surface area (Å²) < 4.78 is 1.80. The number of hydrogen-bond acceptors (Lipinski definition) is 3. The van der Waals surface area contributed by atoms with E-state index >= 15 is 0 Å². The average molecular weight is 252 g/mol. The third-order valence-corrected chi connectivity index (χ3v) is 3.25. The summed E-state index contributed by atoms with van der Waals surface area (Å²) in [6.45, 7) is 8.63. The van der Waals surface area contributed by atoms with Crippen LogP contribution in [-0.4, -0.2) is 27.3 Å². The molecule has 1 heterocycles. The fourth-order valence-corrected chi connectivity index (χ4v) is 1.46. The van der Waals surface area contributed by atoms with E-state index in [0.29, 0.717) is 6.54 Å². The van der Waals surface area contributed by atoms with E-state index < -0.39 is 0 Å². The summed E-state index contributed by atoms with van der Waals surface area (Å²) in [5.41, 5.74) is 0.906. The number of aryl methyl sites for hydroxylation is 1. The summed E-state index contributed by atoms with van der Waals surface area (Å²) in [6.07, 6.45) is 2.66. The molecule has 1 aromatic rings. The predicted octanol–water partition coefficient (Wildman–Crippen LogP) is 1.20. The van der Waals surface area contributed by atoms with Crippen molar-refractivity contribution < 1.29 is 4.79 Å². The van der Waals surface area contributed by atoms with Crippen LogP contribution in [0.4, 0.5) is 0 Å². The average Bonchev–Trinajstić information content (AvgIpc) is 2.71. The smallest absolute Gasteiger partial charge is 0.237 e. The molecule has 0 saturated heterocycles. The number of rotatable bonds is 6. The molecule has 2 N–H and O–H groups in total. The Morgan fingerprint density at radius 3 is 2.72 bits per heavy atom. The Morgan fingerprint density at radius 2 is 2.22 bits per heavy atom. The fraction of sp³-hybridized carbons (Fsp3) is 0.692. The van der Waals surface area contributed by atoms with Crippen LogP contribution in [0.25, 0.3) is 0 Å². The lowest BCUT2D eigenvalue weighted by atomic mass is 10.0. The van der Waals surface area contributed by atoms with Crippen LogP contribution >= 0.6 is 0 Å². The predicted molar refractivity (Wildman–Crippen MR) is 72.0 cm³/mol. The summed E-state index contributed by atoms with van der Waals surface area (Å²) in [5, 5.41) is 10.3. The first-order valence-corrected chi connectivity index (χ1v) is 6.38. The molecule has 0 saturated carbocycles. The second kappa shape index (κ2) is 6.00. The Kier molecular flexibility index (Phi) is 4.90. The second-order valence-corrected chi connectivity index (χ2v) is 5.28. The maximum atomic E-state index is 12.0. The molecule has 18 heavy (non-hydrogen) atoms. The quantitative estimate of drug-likeness (QED) is 0.800. The Balaban J connectivity index is 2.43. The van der Waals surface area contributed by atoms with Crippen molar-refractivity contribution in [2.75, 3.05) is 0 Å². The van der Waals surface area contributed by atoms with E-state index in [4.69, 9.17) is 0 Å². The number of amides is 1. The molecule has 0 aliphatic heterocycles. The molecule has 0 aromatic carbocycles. The third kappa shape index (κ3) is 4.14. The van der Waals surface area contributed by atoms with E-state index in [1.807, 2.05) is 33.9 Å². The van der Waals surface area contributed by atoms with Gasteiger partial charge >= 0.3 is 0 Å². The highest BCUT2D eigenvalue weighted by Gasteiger charge is 2.21. The number of nitrogens with zero attached hydrogens (tertiary/aromatic N) is 2. The molecule has 1 amide bonds. The Bertz CT molecular complexity index is 397. The first-order chi connectivity index (χ1) is 8.35. The van der Waals surface area contributed by atoms with Gasteiger partial charge in [0.15, 0.2) is 0 Å². The minimum Gasteiger partial charge on any atom is -0.350 e.